The SMILES string of the molecule is Cc1ccc(Oc2ccn3c(C)cnc3c2)c(Cl)c1. The monoisotopic (exact) mass is 272 g/mol. The predicted octanol–water partition coefficient (Wildman–Crippen LogP) is 4.40. The number of hydrogen-bond donors (Lipinski definition) is 0. The van der Waals surface area contributed by atoms with E-state index in [2.05, 4.69) is 4.98 Å². The molecule has 0 spiro atoms. The number of ether oxygens (including phenoxy) is 1. The Morgan fingerprint density at radius 1 is 1.16 bits per heavy atom. The molecule has 0 unspecified atom stereocenters. The number of halogens is 1. The van der Waals surface area contributed by atoms with E-state index < -0.39 is 0 Å². The van der Waals surface area contributed by atoms with Crippen molar-refractivity contribution in [2.45, 2.75) is 13.8 Å². The largest absolute Gasteiger partial charge is 0.456 e. The van der Waals surface area contributed by atoms with Gasteiger partial charge in [0.15, 0.2) is 0 Å². The lowest BCUT2D eigenvalue weighted by Crippen LogP contribution is -1.90. The number of imidazole rings is 1. The van der Waals surface area contributed by atoms with Crippen molar-refractivity contribution < 1.29 is 4.74 Å². The minimum atomic E-state index is 0.611. The van der Waals surface area contributed by atoms with E-state index in [-0.39, 0.29) is 0 Å². The van der Waals surface area contributed by atoms with Crippen LogP contribution in [0, 0.1) is 13.8 Å². The highest BCUT2D eigenvalue weighted by Gasteiger charge is 2.05. The molecule has 0 saturated heterocycles. The third-order valence-electron chi connectivity index (χ3n) is 2.98. The second-order valence-corrected chi connectivity index (χ2v) is 4.93. The third-order valence-corrected chi connectivity index (χ3v) is 3.28. The Bertz CT molecular complexity index is 749. The van der Waals surface area contributed by atoms with Crippen molar-refractivity contribution in [1.29, 1.82) is 0 Å². The molecular weight excluding hydrogens is 260 g/mol. The average molecular weight is 273 g/mol. The van der Waals surface area contributed by atoms with Crippen LogP contribution in [0.2, 0.25) is 5.02 Å². The predicted molar refractivity (Wildman–Crippen MR) is 76.2 cm³/mol. The molecule has 4 heteroatoms. The van der Waals surface area contributed by atoms with E-state index >= 15 is 0 Å². The summed E-state index contributed by atoms with van der Waals surface area (Å²) in [5.74, 6) is 1.38. The summed E-state index contributed by atoms with van der Waals surface area (Å²) >= 11 is 6.16. The summed E-state index contributed by atoms with van der Waals surface area (Å²) in [5.41, 5.74) is 3.06. The van der Waals surface area contributed by atoms with Crippen LogP contribution in [0.25, 0.3) is 5.65 Å². The highest BCUT2D eigenvalue weighted by molar-refractivity contribution is 6.32. The van der Waals surface area contributed by atoms with E-state index in [0.717, 1.165) is 22.7 Å². The molecule has 0 atom stereocenters. The number of fused-ring (bicyclic) bond motifs is 1. The molecule has 0 aliphatic carbocycles. The van der Waals surface area contributed by atoms with Crippen molar-refractivity contribution in [3.8, 4) is 11.5 Å². The fraction of sp³-hybridized carbons (Fsp3) is 0.133. The Morgan fingerprint density at radius 2 is 2.00 bits per heavy atom. The zero-order valence-electron chi connectivity index (χ0n) is 10.7. The molecule has 0 aliphatic rings. The number of benzene rings is 1. The quantitative estimate of drug-likeness (QED) is 0.691. The van der Waals surface area contributed by atoms with Crippen LogP contribution in [0.3, 0.4) is 0 Å². The summed E-state index contributed by atoms with van der Waals surface area (Å²) in [4.78, 5) is 4.31. The smallest absolute Gasteiger partial charge is 0.146 e. The van der Waals surface area contributed by atoms with Gasteiger partial charge in [0.25, 0.3) is 0 Å². The number of aromatic nitrogens is 2. The van der Waals surface area contributed by atoms with Gasteiger partial charge in [0.1, 0.15) is 17.1 Å². The molecule has 0 saturated carbocycles. The molecule has 3 nitrogen and oxygen atoms in total. The van der Waals surface area contributed by atoms with Crippen LogP contribution in [0.4, 0.5) is 0 Å². The van der Waals surface area contributed by atoms with Gasteiger partial charge in [0, 0.05) is 24.2 Å². The average Bonchev–Trinajstić information content (AvgIpc) is 2.74. The summed E-state index contributed by atoms with van der Waals surface area (Å²) in [5, 5.41) is 0.611. The molecule has 2 aromatic heterocycles. The van der Waals surface area contributed by atoms with Crippen LogP contribution in [-0.2, 0) is 0 Å². The van der Waals surface area contributed by atoms with Crippen LogP contribution in [0.15, 0.2) is 42.7 Å². The molecule has 19 heavy (non-hydrogen) atoms. The van der Waals surface area contributed by atoms with E-state index in [1.54, 1.807) is 0 Å². The number of pyridine rings is 1. The lowest BCUT2D eigenvalue weighted by Gasteiger charge is -2.08. The Balaban J connectivity index is 1.96. The van der Waals surface area contributed by atoms with Gasteiger partial charge in [-0.1, -0.05) is 17.7 Å². The van der Waals surface area contributed by atoms with Gasteiger partial charge < -0.3 is 9.14 Å². The van der Waals surface area contributed by atoms with E-state index in [4.69, 9.17) is 16.3 Å². The maximum absolute atomic E-state index is 6.16. The summed E-state index contributed by atoms with van der Waals surface area (Å²) in [7, 11) is 0. The van der Waals surface area contributed by atoms with E-state index in [0.29, 0.717) is 10.8 Å². The third kappa shape index (κ3) is 2.29. The molecule has 0 radical (unpaired) electrons. The normalized spacial score (nSPS) is 10.9. The molecule has 1 aromatic carbocycles. The fourth-order valence-electron chi connectivity index (χ4n) is 1.97. The minimum absolute atomic E-state index is 0.611. The molecule has 3 rings (SSSR count). The number of rotatable bonds is 2. The first-order chi connectivity index (χ1) is 9.13. The van der Waals surface area contributed by atoms with Crippen LogP contribution in [0.1, 0.15) is 11.3 Å². The molecule has 2 heterocycles. The molecule has 3 aromatic rings. The van der Waals surface area contributed by atoms with E-state index in [9.17, 15) is 0 Å². The topological polar surface area (TPSA) is 26.5 Å². The molecular formula is C15H13ClN2O. The van der Waals surface area contributed by atoms with E-state index in [1.165, 1.54) is 0 Å². The maximum Gasteiger partial charge on any atom is 0.146 e. The molecule has 0 N–H and O–H groups in total. The Labute approximate surface area is 116 Å². The summed E-state index contributed by atoms with van der Waals surface area (Å²) in [6, 6.07) is 9.52. The van der Waals surface area contributed by atoms with Crippen molar-refractivity contribution in [3.63, 3.8) is 0 Å². The Kier molecular flexibility index (Phi) is 2.91. The first-order valence-corrected chi connectivity index (χ1v) is 6.39. The van der Waals surface area contributed by atoms with Gasteiger partial charge in [-0.05, 0) is 37.6 Å². The zero-order chi connectivity index (χ0) is 13.4. The van der Waals surface area contributed by atoms with Gasteiger partial charge in [0.05, 0.1) is 5.02 Å². The van der Waals surface area contributed by atoms with Crippen LogP contribution in [-0.4, -0.2) is 9.38 Å². The molecule has 0 fully saturated rings. The molecule has 0 bridgehead atoms. The molecule has 0 aliphatic heterocycles. The molecule has 0 amide bonds. The van der Waals surface area contributed by atoms with E-state index in [1.807, 2.05) is 61.0 Å². The van der Waals surface area contributed by atoms with Gasteiger partial charge >= 0.3 is 0 Å². The van der Waals surface area contributed by atoms with Gasteiger partial charge in [-0.2, -0.15) is 0 Å². The molecule has 96 valence electrons. The van der Waals surface area contributed by atoms with Crippen molar-refractivity contribution in [3.05, 3.63) is 59.0 Å². The van der Waals surface area contributed by atoms with Gasteiger partial charge in [-0.25, -0.2) is 4.98 Å². The van der Waals surface area contributed by atoms with Gasteiger partial charge in [-0.3, -0.25) is 0 Å². The van der Waals surface area contributed by atoms with Crippen LogP contribution >= 0.6 is 11.6 Å². The van der Waals surface area contributed by atoms with Gasteiger partial charge in [-0.15, -0.1) is 0 Å². The standard InChI is InChI=1S/C15H13ClN2O/c1-10-3-4-14(13(16)7-10)19-12-5-6-18-11(2)9-17-15(18)8-12/h3-9H,1-2H3. The lowest BCUT2D eigenvalue weighted by atomic mass is 10.2. The van der Waals surface area contributed by atoms with Crippen molar-refractivity contribution in [2.24, 2.45) is 0 Å². The van der Waals surface area contributed by atoms with Crippen LogP contribution in [0.5, 0.6) is 11.5 Å². The minimum Gasteiger partial charge on any atom is -0.456 e. The second kappa shape index (κ2) is 4.59. The highest BCUT2D eigenvalue weighted by atomic mass is 35.5. The van der Waals surface area contributed by atoms with Crippen molar-refractivity contribution in [2.75, 3.05) is 0 Å². The first kappa shape index (κ1) is 12.1. The van der Waals surface area contributed by atoms with Crippen molar-refractivity contribution in [1.82, 2.24) is 9.38 Å². The lowest BCUT2D eigenvalue weighted by molar-refractivity contribution is 0.482. The van der Waals surface area contributed by atoms with Crippen molar-refractivity contribution >= 4 is 17.2 Å². The zero-order valence-corrected chi connectivity index (χ0v) is 11.5. The Hall–Kier alpha value is -2.00. The second-order valence-electron chi connectivity index (χ2n) is 4.53. The Morgan fingerprint density at radius 3 is 2.79 bits per heavy atom. The number of aryl methyl sites for hydroxylation is 2. The highest BCUT2D eigenvalue weighted by Crippen LogP contribution is 2.30. The summed E-state index contributed by atoms with van der Waals surface area (Å²) in [6.45, 7) is 4.01. The number of hydrogen-bond acceptors (Lipinski definition) is 2. The fourth-order valence-corrected chi connectivity index (χ4v) is 2.24. The first-order valence-electron chi connectivity index (χ1n) is 6.01. The van der Waals surface area contributed by atoms with Crippen LogP contribution < -0.4 is 4.74 Å². The maximum atomic E-state index is 6.16. The summed E-state index contributed by atoms with van der Waals surface area (Å²) in [6.07, 6.45) is 3.77. The number of nitrogens with zero attached hydrogens (tertiary/aromatic N) is 2. The van der Waals surface area contributed by atoms with Gasteiger partial charge in [0.2, 0.25) is 0 Å². The summed E-state index contributed by atoms with van der Waals surface area (Å²) < 4.78 is 7.80.